The van der Waals surface area contributed by atoms with E-state index in [1.165, 1.54) is 16.2 Å². The minimum absolute atomic E-state index is 0.102. The summed E-state index contributed by atoms with van der Waals surface area (Å²) in [5, 5.41) is 7.25. The molecule has 0 aliphatic heterocycles. The lowest BCUT2D eigenvalue weighted by molar-refractivity contribution is -0.115. The van der Waals surface area contributed by atoms with E-state index in [1.54, 1.807) is 30.6 Å². The van der Waals surface area contributed by atoms with Crippen LogP contribution in [-0.4, -0.2) is 24.0 Å². The first-order valence-corrected chi connectivity index (χ1v) is 11.9. The van der Waals surface area contributed by atoms with Gasteiger partial charge in [-0.1, -0.05) is 19.1 Å². The Labute approximate surface area is 189 Å². The van der Waals surface area contributed by atoms with E-state index in [-0.39, 0.29) is 24.9 Å². The predicted octanol–water partition coefficient (Wildman–Crippen LogP) is 4.88. The van der Waals surface area contributed by atoms with E-state index < -0.39 is 0 Å². The van der Waals surface area contributed by atoms with Crippen LogP contribution in [-0.2, 0) is 35.4 Å². The first-order chi connectivity index (χ1) is 15.0. The normalized spacial score (nSPS) is 15.2. The smallest absolute Gasteiger partial charge is 0.339 e. The molecule has 1 unspecified atom stereocenters. The molecule has 1 amide bonds. The molecule has 162 valence electrons. The molecule has 0 radical (unpaired) electrons. The Bertz CT molecular complexity index is 1090. The van der Waals surface area contributed by atoms with Gasteiger partial charge in [-0.3, -0.25) is 4.79 Å². The van der Waals surface area contributed by atoms with Gasteiger partial charge in [-0.2, -0.15) is 0 Å². The number of carbonyl (C=O) groups is 2. The first-order valence-electron chi connectivity index (χ1n) is 10.2. The molecule has 2 heterocycles. The summed E-state index contributed by atoms with van der Waals surface area (Å²) in [4.78, 5) is 30.7. The van der Waals surface area contributed by atoms with Crippen LogP contribution in [0.1, 0.15) is 44.8 Å². The number of fused-ring (bicyclic) bond motifs is 1. The lowest BCUT2D eigenvalue weighted by atomic mass is 9.88. The fraction of sp³-hybridized carbons (Fsp3) is 0.348. The molecular formula is C23H24N2O4S2. The van der Waals surface area contributed by atoms with Gasteiger partial charge in [0.2, 0.25) is 5.91 Å². The van der Waals surface area contributed by atoms with Gasteiger partial charge in [-0.05, 0) is 42.9 Å². The fourth-order valence-electron chi connectivity index (χ4n) is 3.64. The summed E-state index contributed by atoms with van der Waals surface area (Å²) >= 11 is 3.03. The van der Waals surface area contributed by atoms with Crippen LogP contribution in [0.4, 0.5) is 5.69 Å². The minimum Gasteiger partial charge on any atom is -0.495 e. The predicted molar refractivity (Wildman–Crippen MR) is 122 cm³/mol. The maximum absolute atomic E-state index is 12.6. The van der Waals surface area contributed by atoms with Gasteiger partial charge in [0.25, 0.3) is 0 Å². The number of aromatic nitrogens is 1. The Balaban J connectivity index is 1.31. The molecule has 0 saturated carbocycles. The zero-order valence-corrected chi connectivity index (χ0v) is 19.1. The van der Waals surface area contributed by atoms with E-state index in [0.29, 0.717) is 33.6 Å². The van der Waals surface area contributed by atoms with E-state index in [9.17, 15) is 9.59 Å². The lowest BCUT2D eigenvalue weighted by Gasteiger charge is -2.18. The van der Waals surface area contributed by atoms with Crippen LogP contribution >= 0.6 is 22.7 Å². The largest absolute Gasteiger partial charge is 0.495 e. The number of thiophene rings is 1. The number of carbonyl (C=O) groups excluding carboxylic acids is 2. The van der Waals surface area contributed by atoms with E-state index in [2.05, 4.69) is 17.2 Å². The summed E-state index contributed by atoms with van der Waals surface area (Å²) in [6.45, 7) is 2.35. The molecule has 8 heteroatoms. The molecule has 1 N–H and O–H groups in total. The second-order valence-electron chi connectivity index (χ2n) is 7.63. The third-order valence-electron chi connectivity index (χ3n) is 5.26. The van der Waals surface area contributed by atoms with Crippen molar-refractivity contribution in [1.29, 1.82) is 0 Å². The van der Waals surface area contributed by atoms with Crippen molar-refractivity contribution in [1.82, 2.24) is 4.98 Å². The quantitative estimate of drug-likeness (QED) is 0.513. The number of hydrogen-bond acceptors (Lipinski definition) is 7. The third kappa shape index (κ3) is 5.14. The molecule has 0 spiro atoms. The Morgan fingerprint density at radius 1 is 1.23 bits per heavy atom. The number of para-hydroxylation sites is 2. The number of methoxy groups -OCH3 is 1. The SMILES string of the molecule is COc1ccccc1NC(=O)Cc1nc(COC(=O)c2csc3c2CCC(C)C3)cs1. The number of ether oxygens (including phenoxy) is 2. The summed E-state index contributed by atoms with van der Waals surface area (Å²) in [7, 11) is 1.56. The molecular weight excluding hydrogens is 432 g/mol. The maximum atomic E-state index is 12.6. The van der Waals surface area contributed by atoms with Gasteiger partial charge in [0.15, 0.2) is 0 Å². The summed E-state index contributed by atoms with van der Waals surface area (Å²) in [5.74, 6) is 0.799. The summed E-state index contributed by atoms with van der Waals surface area (Å²) in [6.07, 6.45) is 3.23. The van der Waals surface area contributed by atoms with E-state index >= 15 is 0 Å². The van der Waals surface area contributed by atoms with Crippen LogP contribution in [0.5, 0.6) is 5.75 Å². The van der Waals surface area contributed by atoms with Crippen molar-refractivity contribution in [2.24, 2.45) is 5.92 Å². The molecule has 4 rings (SSSR count). The third-order valence-corrected chi connectivity index (χ3v) is 7.21. The van der Waals surface area contributed by atoms with Gasteiger partial charge in [-0.25, -0.2) is 9.78 Å². The number of rotatable bonds is 7. The zero-order valence-electron chi connectivity index (χ0n) is 17.5. The lowest BCUT2D eigenvalue weighted by Crippen LogP contribution is -2.15. The van der Waals surface area contributed by atoms with Crippen LogP contribution in [0, 0.1) is 5.92 Å². The summed E-state index contributed by atoms with van der Waals surface area (Å²) < 4.78 is 10.8. The Hall–Kier alpha value is -2.71. The number of anilines is 1. The number of nitrogens with zero attached hydrogens (tertiary/aromatic N) is 1. The van der Waals surface area contributed by atoms with Crippen molar-refractivity contribution in [3.63, 3.8) is 0 Å². The molecule has 1 aromatic carbocycles. The van der Waals surface area contributed by atoms with Crippen molar-refractivity contribution >= 4 is 40.2 Å². The fourth-order valence-corrected chi connectivity index (χ4v) is 5.65. The minimum atomic E-state index is -0.296. The summed E-state index contributed by atoms with van der Waals surface area (Å²) in [5.41, 5.74) is 3.11. The van der Waals surface area contributed by atoms with Gasteiger partial charge in [-0.15, -0.1) is 22.7 Å². The molecule has 0 bridgehead atoms. The van der Waals surface area contributed by atoms with Crippen molar-refractivity contribution < 1.29 is 19.1 Å². The highest BCUT2D eigenvalue weighted by Gasteiger charge is 2.24. The van der Waals surface area contributed by atoms with Crippen LogP contribution in [0.3, 0.4) is 0 Å². The van der Waals surface area contributed by atoms with Crippen LogP contribution in [0.15, 0.2) is 35.0 Å². The number of thiazole rings is 1. The zero-order chi connectivity index (χ0) is 21.8. The molecule has 1 aliphatic rings. The molecule has 1 atom stereocenters. The highest BCUT2D eigenvalue weighted by Crippen LogP contribution is 2.33. The van der Waals surface area contributed by atoms with Crippen LogP contribution in [0.25, 0.3) is 0 Å². The topological polar surface area (TPSA) is 77.5 Å². The first kappa shape index (κ1) is 21.5. The molecule has 2 aromatic heterocycles. The molecule has 31 heavy (non-hydrogen) atoms. The highest BCUT2D eigenvalue weighted by atomic mass is 32.1. The monoisotopic (exact) mass is 456 g/mol. The van der Waals surface area contributed by atoms with Gasteiger partial charge < -0.3 is 14.8 Å². The highest BCUT2D eigenvalue weighted by molar-refractivity contribution is 7.10. The molecule has 3 aromatic rings. The van der Waals surface area contributed by atoms with Gasteiger partial charge in [0.1, 0.15) is 17.4 Å². The van der Waals surface area contributed by atoms with Gasteiger partial charge in [0, 0.05) is 15.6 Å². The number of amides is 1. The number of nitrogens with one attached hydrogen (secondary N) is 1. The van der Waals surface area contributed by atoms with Crippen LogP contribution in [0.2, 0.25) is 0 Å². The average Bonchev–Trinajstić information content (AvgIpc) is 3.38. The molecule has 1 aliphatic carbocycles. The maximum Gasteiger partial charge on any atom is 0.339 e. The van der Waals surface area contributed by atoms with Crippen molar-refractivity contribution in [3.8, 4) is 5.75 Å². The van der Waals surface area contributed by atoms with E-state index in [0.717, 1.165) is 24.8 Å². The average molecular weight is 457 g/mol. The number of benzene rings is 1. The molecule has 0 fully saturated rings. The standard InChI is InChI=1S/C23H24N2O4S2/c1-14-7-8-16-17(13-30-20(16)9-14)23(27)29-11-15-12-31-22(24-15)10-21(26)25-18-5-3-4-6-19(18)28-2/h3-6,12-14H,7-11H2,1-2H3,(H,25,26). The Morgan fingerprint density at radius 3 is 2.90 bits per heavy atom. The number of esters is 1. The summed E-state index contributed by atoms with van der Waals surface area (Å²) in [6, 6.07) is 7.25. The number of hydrogen-bond donors (Lipinski definition) is 1. The van der Waals surface area contributed by atoms with Gasteiger partial charge in [0.05, 0.1) is 30.5 Å². The molecule has 6 nitrogen and oxygen atoms in total. The van der Waals surface area contributed by atoms with Crippen molar-refractivity contribution in [3.05, 3.63) is 61.7 Å². The Kier molecular flexibility index (Phi) is 6.67. The second kappa shape index (κ2) is 9.62. The second-order valence-corrected chi connectivity index (χ2v) is 9.54. The van der Waals surface area contributed by atoms with E-state index in [1.807, 2.05) is 22.9 Å². The van der Waals surface area contributed by atoms with E-state index in [4.69, 9.17) is 9.47 Å². The van der Waals surface area contributed by atoms with Crippen molar-refractivity contribution in [2.45, 2.75) is 39.2 Å². The van der Waals surface area contributed by atoms with Gasteiger partial charge >= 0.3 is 5.97 Å². The Morgan fingerprint density at radius 2 is 2.06 bits per heavy atom. The van der Waals surface area contributed by atoms with Crippen molar-refractivity contribution in [2.75, 3.05) is 12.4 Å². The van der Waals surface area contributed by atoms with Crippen LogP contribution < -0.4 is 10.1 Å². The molecule has 0 saturated heterocycles.